The van der Waals surface area contributed by atoms with Crippen molar-refractivity contribution in [2.45, 2.75) is 33.1 Å². The summed E-state index contributed by atoms with van der Waals surface area (Å²) in [5.74, 6) is -0.335. The maximum Gasteiger partial charge on any atom is 0.338 e. The third-order valence-electron chi connectivity index (χ3n) is 6.70. The Bertz CT molecular complexity index is 1460. The minimum absolute atomic E-state index is 0.207. The van der Waals surface area contributed by atoms with Crippen LogP contribution in [0.2, 0.25) is 0 Å². The molecule has 0 aliphatic heterocycles. The van der Waals surface area contributed by atoms with Crippen LogP contribution < -0.4 is 9.47 Å². The zero-order chi connectivity index (χ0) is 27.9. The molecule has 0 radical (unpaired) electrons. The van der Waals surface area contributed by atoms with Crippen molar-refractivity contribution < 1.29 is 28.9 Å². The number of aromatic carboxylic acids is 1. The lowest BCUT2D eigenvalue weighted by Gasteiger charge is -2.20. The molecule has 1 N–H and O–H groups in total. The molecule has 0 aliphatic rings. The average Bonchev–Trinajstić information content (AvgIpc) is 3.24. The Morgan fingerprint density at radius 1 is 0.897 bits per heavy atom. The Kier molecular flexibility index (Phi) is 8.71. The van der Waals surface area contributed by atoms with E-state index in [1.54, 1.807) is 21.1 Å². The summed E-state index contributed by atoms with van der Waals surface area (Å²) in [5.41, 5.74) is 5.51. The summed E-state index contributed by atoms with van der Waals surface area (Å²) < 4.78 is 18.6. The zero-order valence-corrected chi connectivity index (χ0v) is 22.7. The second kappa shape index (κ2) is 12.3. The molecule has 39 heavy (non-hydrogen) atoms. The van der Waals surface area contributed by atoms with Gasteiger partial charge in [0.1, 0.15) is 0 Å². The molecule has 202 valence electrons. The SMILES string of the molecule is CCOC(=O)CCc1cc(OC)c(OC)c(-n2c(C)c(Cc3ccccc3)c(C(=O)O)c2-c2ccccc2)c1. The first-order chi connectivity index (χ1) is 18.9. The van der Waals surface area contributed by atoms with Gasteiger partial charge in [0, 0.05) is 18.5 Å². The van der Waals surface area contributed by atoms with Crippen LogP contribution in [0.4, 0.5) is 0 Å². The number of esters is 1. The first-order valence-corrected chi connectivity index (χ1v) is 12.9. The third-order valence-corrected chi connectivity index (χ3v) is 6.70. The summed E-state index contributed by atoms with van der Waals surface area (Å²) >= 11 is 0. The molecule has 0 amide bonds. The number of rotatable bonds is 11. The van der Waals surface area contributed by atoms with E-state index in [4.69, 9.17) is 14.2 Å². The molecule has 0 saturated carbocycles. The molecule has 7 nitrogen and oxygen atoms in total. The highest BCUT2D eigenvalue weighted by molar-refractivity contribution is 5.98. The van der Waals surface area contributed by atoms with Crippen LogP contribution in [-0.2, 0) is 22.4 Å². The standard InChI is InChI=1S/C32H33NO6/c1-5-39-28(34)17-16-23-19-26(31(38-4)27(20-23)37-3)33-21(2)25(18-22-12-8-6-9-13-22)29(32(35)36)30(33)24-14-10-7-11-15-24/h6-15,19-20H,5,16-18H2,1-4H3,(H,35,36). The molecule has 0 spiro atoms. The van der Waals surface area contributed by atoms with Gasteiger partial charge in [0.15, 0.2) is 11.5 Å². The minimum atomic E-state index is -1.01. The number of hydrogen-bond donors (Lipinski definition) is 1. The Labute approximate surface area is 228 Å². The number of carboxylic acids is 1. The predicted octanol–water partition coefficient (Wildman–Crippen LogP) is 6.25. The summed E-state index contributed by atoms with van der Waals surface area (Å²) in [7, 11) is 3.12. The largest absolute Gasteiger partial charge is 0.493 e. The molecular weight excluding hydrogens is 494 g/mol. The summed E-state index contributed by atoms with van der Waals surface area (Å²) in [5, 5.41) is 10.5. The van der Waals surface area contributed by atoms with Gasteiger partial charge in [-0.2, -0.15) is 0 Å². The number of carbonyl (C=O) groups is 2. The molecule has 0 aliphatic carbocycles. The third kappa shape index (κ3) is 5.82. The fraction of sp³-hybridized carbons (Fsp3) is 0.250. The molecule has 0 unspecified atom stereocenters. The fourth-order valence-electron chi connectivity index (χ4n) is 4.95. The average molecular weight is 528 g/mol. The van der Waals surface area contributed by atoms with E-state index in [0.29, 0.717) is 47.9 Å². The van der Waals surface area contributed by atoms with E-state index in [9.17, 15) is 14.7 Å². The number of carboxylic acid groups (broad SMARTS) is 1. The number of hydrogen-bond acceptors (Lipinski definition) is 5. The number of aromatic nitrogens is 1. The molecule has 4 aromatic rings. The molecule has 0 atom stereocenters. The second-order valence-electron chi connectivity index (χ2n) is 9.11. The number of carbonyl (C=O) groups excluding carboxylic acids is 1. The smallest absolute Gasteiger partial charge is 0.338 e. The second-order valence-corrected chi connectivity index (χ2v) is 9.11. The molecular formula is C32H33NO6. The highest BCUT2D eigenvalue weighted by Gasteiger charge is 2.29. The lowest BCUT2D eigenvalue weighted by Crippen LogP contribution is -2.08. The topological polar surface area (TPSA) is 87.0 Å². The predicted molar refractivity (Wildman–Crippen MR) is 150 cm³/mol. The van der Waals surface area contributed by atoms with E-state index in [2.05, 4.69) is 0 Å². The normalized spacial score (nSPS) is 10.8. The lowest BCUT2D eigenvalue weighted by atomic mass is 9.98. The monoisotopic (exact) mass is 527 g/mol. The Morgan fingerprint density at radius 3 is 2.15 bits per heavy atom. The van der Waals surface area contributed by atoms with Crippen LogP contribution in [0.3, 0.4) is 0 Å². The Balaban J connectivity index is 2.01. The van der Waals surface area contributed by atoms with Gasteiger partial charge in [0.25, 0.3) is 0 Å². The summed E-state index contributed by atoms with van der Waals surface area (Å²) in [6.07, 6.45) is 1.08. The van der Waals surface area contributed by atoms with E-state index in [1.165, 1.54) is 0 Å². The number of aryl methyl sites for hydroxylation is 1. The van der Waals surface area contributed by atoms with Gasteiger partial charge in [0.2, 0.25) is 0 Å². The lowest BCUT2D eigenvalue weighted by molar-refractivity contribution is -0.143. The van der Waals surface area contributed by atoms with Crippen molar-refractivity contribution in [3.63, 3.8) is 0 Å². The fourth-order valence-corrected chi connectivity index (χ4v) is 4.95. The highest BCUT2D eigenvalue weighted by Crippen LogP contribution is 2.42. The quantitative estimate of drug-likeness (QED) is 0.232. The van der Waals surface area contributed by atoms with E-state index < -0.39 is 5.97 Å². The summed E-state index contributed by atoms with van der Waals surface area (Å²) in [6, 6.07) is 23.1. The van der Waals surface area contributed by atoms with E-state index >= 15 is 0 Å². The number of nitrogens with zero attached hydrogens (tertiary/aromatic N) is 1. The van der Waals surface area contributed by atoms with Gasteiger partial charge in [-0.1, -0.05) is 60.7 Å². The van der Waals surface area contributed by atoms with Gasteiger partial charge in [-0.05, 0) is 54.7 Å². The van der Waals surface area contributed by atoms with Crippen LogP contribution in [0.15, 0.2) is 72.8 Å². The molecule has 0 fully saturated rings. The minimum Gasteiger partial charge on any atom is -0.493 e. The van der Waals surface area contributed by atoms with Crippen LogP contribution in [0.25, 0.3) is 16.9 Å². The molecule has 3 aromatic carbocycles. The van der Waals surface area contributed by atoms with Gasteiger partial charge in [-0.15, -0.1) is 0 Å². The van der Waals surface area contributed by atoms with Crippen LogP contribution >= 0.6 is 0 Å². The van der Waals surface area contributed by atoms with Crippen LogP contribution in [0.5, 0.6) is 11.5 Å². The van der Waals surface area contributed by atoms with Gasteiger partial charge >= 0.3 is 11.9 Å². The van der Waals surface area contributed by atoms with Crippen LogP contribution in [-0.4, -0.2) is 42.4 Å². The number of methoxy groups -OCH3 is 2. The van der Waals surface area contributed by atoms with Crippen molar-refractivity contribution in [3.8, 4) is 28.4 Å². The summed E-state index contributed by atoms with van der Waals surface area (Å²) in [6.45, 7) is 4.02. The molecule has 1 aromatic heterocycles. The van der Waals surface area contributed by atoms with Gasteiger partial charge in [-0.3, -0.25) is 4.79 Å². The van der Waals surface area contributed by atoms with Crippen molar-refractivity contribution in [2.24, 2.45) is 0 Å². The van der Waals surface area contributed by atoms with Crippen LogP contribution in [0, 0.1) is 6.92 Å². The van der Waals surface area contributed by atoms with Gasteiger partial charge in [0.05, 0.1) is 37.8 Å². The zero-order valence-electron chi connectivity index (χ0n) is 22.7. The molecule has 0 saturated heterocycles. The van der Waals surface area contributed by atoms with E-state index in [0.717, 1.165) is 22.4 Å². The molecule has 0 bridgehead atoms. The Hall–Kier alpha value is -4.52. The van der Waals surface area contributed by atoms with Crippen molar-refractivity contribution in [1.82, 2.24) is 4.57 Å². The van der Waals surface area contributed by atoms with E-state index in [-0.39, 0.29) is 18.0 Å². The first-order valence-electron chi connectivity index (χ1n) is 12.9. The summed E-state index contributed by atoms with van der Waals surface area (Å²) in [4.78, 5) is 25.0. The molecule has 1 heterocycles. The molecule has 7 heteroatoms. The van der Waals surface area contributed by atoms with Crippen molar-refractivity contribution >= 4 is 11.9 Å². The van der Waals surface area contributed by atoms with Crippen LogP contribution in [0.1, 0.15) is 46.1 Å². The van der Waals surface area contributed by atoms with E-state index in [1.807, 2.05) is 84.3 Å². The molecule has 4 rings (SSSR count). The van der Waals surface area contributed by atoms with Gasteiger partial charge in [-0.25, -0.2) is 4.79 Å². The maximum atomic E-state index is 12.9. The van der Waals surface area contributed by atoms with Gasteiger partial charge < -0.3 is 23.9 Å². The number of ether oxygens (including phenoxy) is 3. The Morgan fingerprint density at radius 2 is 1.56 bits per heavy atom. The van der Waals surface area contributed by atoms with Crippen molar-refractivity contribution in [3.05, 3.63) is 101 Å². The highest BCUT2D eigenvalue weighted by atomic mass is 16.5. The first kappa shape index (κ1) is 27.5. The maximum absolute atomic E-state index is 12.9. The number of benzene rings is 3. The van der Waals surface area contributed by atoms with Crippen molar-refractivity contribution in [1.29, 1.82) is 0 Å². The van der Waals surface area contributed by atoms with Crippen molar-refractivity contribution in [2.75, 3.05) is 20.8 Å².